The Morgan fingerprint density at radius 2 is 2.18 bits per heavy atom. The summed E-state index contributed by atoms with van der Waals surface area (Å²) in [6, 6.07) is 7.81. The van der Waals surface area contributed by atoms with E-state index in [1.165, 1.54) is 0 Å². The Balaban J connectivity index is 2.35. The third-order valence-electron chi connectivity index (χ3n) is 3.42. The molecule has 3 nitrogen and oxygen atoms in total. The maximum absolute atomic E-state index is 9.84. The van der Waals surface area contributed by atoms with Gasteiger partial charge in [-0.1, -0.05) is 11.6 Å². The molecule has 1 N–H and O–H groups in total. The molecule has 3 atom stereocenters. The summed E-state index contributed by atoms with van der Waals surface area (Å²) in [5.41, 5.74) is 1.45. The number of aliphatic hydroxyl groups is 1. The molecule has 0 aromatic heterocycles. The maximum Gasteiger partial charge on any atom is 0.101 e. The van der Waals surface area contributed by atoms with Gasteiger partial charge < -0.3 is 10.0 Å². The zero-order valence-electron chi connectivity index (χ0n) is 9.89. The molecular weight excluding hydrogens is 236 g/mol. The van der Waals surface area contributed by atoms with Crippen LogP contribution < -0.4 is 4.90 Å². The van der Waals surface area contributed by atoms with Gasteiger partial charge >= 0.3 is 0 Å². The van der Waals surface area contributed by atoms with Crippen molar-refractivity contribution in [3.63, 3.8) is 0 Å². The van der Waals surface area contributed by atoms with Crippen LogP contribution in [0, 0.1) is 11.3 Å². The van der Waals surface area contributed by atoms with Crippen molar-refractivity contribution in [3.05, 3.63) is 28.8 Å². The van der Waals surface area contributed by atoms with Crippen molar-refractivity contribution in [1.82, 2.24) is 0 Å². The van der Waals surface area contributed by atoms with Gasteiger partial charge in [-0.3, -0.25) is 0 Å². The van der Waals surface area contributed by atoms with Crippen LogP contribution in [-0.2, 0) is 0 Å². The van der Waals surface area contributed by atoms with E-state index in [2.05, 4.69) is 11.8 Å². The number of hydrogen-bond donors (Lipinski definition) is 1. The quantitative estimate of drug-likeness (QED) is 0.833. The highest BCUT2D eigenvalue weighted by Gasteiger charge is 2.34. The van der Waals surface area contributed by atoms with E-state index in [1.54, 1.807) is 12.1 Å². The summed E-state index contributed by atoms with van der Waals surface area (Å²) < 4.78 is 0. The van der Waals surface area contributed by atoms with Crippen molar-refractivity contribution in [3.8, 4) is 6.07 Å². The molecule has 1 fully saturated rings. The van der Waals surface area contributed by atoms with Crippen LogP contribution in [-0.4, -0.2) is 23.3 Å². The van der Waals surface area contributed by atoms with Crippen molar-refractivity contribution >= 4 is 17.3 Å². The van der Waals surface area contributed by atoms with Gasteiger partial charge in [0.15, 0.2) is 0 Å². The highest BCUT2D eigenvalue weighted by Crippen LogP contribution is 2.32. The van der Waals surface area contributed by atoms with Gasteiger partial charge in [0.25, 0.3) is 0 Å². The molecule has 1 heterocycles. The molecule has 1 aromatic rings. The number of nitrogens with zero attached hydrogens (tertiary/aromatic N) is 2. The Kier molecular flexibility index (Phi) is 3.28. The second-order valence-electron chi connectivity index (χ2n) is 4.58. The van der Waals surface area contributed by atoms with Crippen molar-refractivity contribution in [2.45, 2.75) is 38.5 Å². The number of benzene rings is 1. The monoisotopic (exact) mass is 250 g/mol. The first-order valence-electron chi connectivity index (χ1n) is 5.70. The van der Waals surface area contributed by atoms with Crippen LogP contribution in [0.15, 0.2) is 18.2 Å². The summed E-state index contributed by atoms with van der Waals surface area (Å²) in [5.74, 6) is 0. The zero-order valence-corrected chi connectivity index (χ0v) is 10.6. The van der Waals surface area contributed by atoms with E-state index in [-0.39, 0.29) is 18.2 Å². The standard InChI is InChI=1S/C13H15ClN2O/c1-8-5-13(17)9(2)16(8)11-4-3-10(7-15)12(14)6-11/h3-4,6,8-9,13,17H,5H2,1-2H3/t8-,9+,13+/m1/s1. The minimum Gasteiger partial charge on any atom is -0.391 e. The average molecular weight is 251 g/mol. The van der Waals surface area contributed by atoms with Crippen molar-refractivity contribution in [2.24, 2.45) is 0 Å². The SMILES string of the molecule is C[C@@H]1C[C@H](O)[C@H](C)N1c1ccc(C#N)c(Cl)c1. The molecule has 0 radical (unpaired) electrons. The second-order valence-corrected chi connectivity index (χ2v) is 4.98. The van der Waals surface area contributed by atoms with E-state index in [1.807, 2.05) is 19.1 Å². The largest absolute Gasteiger partial charge is 0.391 e. The number of anilines is 1. The van der Waals surface area contributed by atoms with Crippen LogP contribution in [0.3, 0.4) is 0 Å². The Morgan fingerprint density at radius 3 is 2.65 bits per heavy atom. The topological polar surface area (TPSA) is 47.3 Å². The Labute approximate surface area is 106 Å². The molecule has 0 unspecified atom stereocenters. The molecule has 4 heteroatoms. The Morgan fingerprint density at radius 1 is 1.47 bits per heavy atom. The molecule has 1 aliphatic rings. The van der Waals surface area contributed by atoms with E-state index in [0.29, 0.717) is 10.6 Å². The van der Waals surface area contributed by atoms with Gasteiger partial charge in [-0.15, -0.1) is 0 Å². The fourth-order valence-electron chi connectivity index (χ4n) is 2.49. The third kappa shape index (κ3) is 2.11. The lowest BCUT2D eigenvalue weighted by atomic mass is 10.1. The molecule has 0 amide bonds. The van der Waals surface area contributed by atoms with Crippen molar-refractivity contribution < 1.29 is 5.11 Å². The Bertz CT molecular complexity index is 469. The lowest BCUT2D eigenvalue weighted by molar-refractivity contribution is 0.168. The van der Waals surface area contributed by atoms with E-state index in [0.717, 1.165) is 12.1 Å². The van der Waals surface area contributed by atoms with Gasteiger partial charge in [0.2, 0.25) is 0 Å². The average Bonchev–Trinajstić information content (AvgIpc) is 2.53. The van der Waals surface area contributed by atoms with Gasteiger partial charge in [-0.25, -0.2) is 0 Å². The van der Waals surface area contributed by atoms with Crippen LogP contribution in [0.2, 0.25) is 5.02 Å². The molecule has 2 rings (SSSR count). The van der Waals surface area contributed by atoms with Crippen LogP contribution in [0.4, 0.5) is 5.69 Å². The Hall–Kier alpha value is -1.24. The molecular formula is C13H15ClN2O. The first-order valence-corrected chi connectivity index (χ1v) is 6.08. The summed E-state index contributed by atoms with van der Waals surface area (Å²) in [7, 11) is 0. The molecule has 0 bridgehead atoms. The number of halogens is 1. The van der Waals surface area contributed by atoms with Crippen LogP contribution >= 0.6 is 11.6 Å². The predicted octanol–water partition coefficient (Wildman–Crippen LogP) is 2.56. The first-order chi connectivity index (χ1) is 8.04. The van der Waals surface area contributed by atoms with Crippen LogP contribution in [0.5, 0.6) is 0 Å². The minimum absolute atomic E-state index is 0.0778. The molecule has 0 aliphatic carbocycles. The molecule has 1 aliphatic heterocycles. The summed E-state index contributed by atoms with van der Waals surface area (Å²) in [6.45, 7) is 4.08. The van der Waals surface area contributed by atoms with E-state index >= 15 is 0 Å². The normalized spacial score (nSPS) is 28.2. The number of nitriles is 1. The van der Waals surface area contributed by atoms with Gasteiger partial charge in [0.05, 0.1) is 22.7 Å². The van der Waals surface area contributed by atoms with E-state index in [9.17, 15) is 5.11 Å². The molecule has 1 aromatic carbocycles. The number of hydrogen-bond acceptors (Lipinski definition) is 3. The summed E-state index contributed by atoms with van der Waals surface area (Å²) in [6.07, 6.45) is 0.457. The third-order valence-corrected chi connectivity index (χ3v) is 3.74. The van der Waals surface area contributed by atoms with E-state index < -0.39 is 0 Å². The molecule has 0 saturated carbocycles. The highest BCUT2D eigenvalue weighted by atomic mass is 35.5. The van der Waals surface area contributed by atoms with Gasteiger partial charge in [0.1, 0.15) is 6.07 Å². The van der Waals surface area contributed by atoms with E-state index in [4.69, 9.17) is 16.9 Å². The fraction of sp³-hybridized carbons (Fsp3) is 0.462. The van der Waals surface area contributed by atoms with Crippen LogP contribution in [0.1, 0.15) is 25.8 Å². The summed E-state index contributed by atoms with van der Waals surface area (Å²) >= 11 is 6.03. The molecule has 1 saturated heterocycles. The highest BCUT2D eigenvalue weighted by molar-refractivity contribution is 6.32. The van der Waals surface area contributed by atoms with Crippen molar-refractivity contribution in [1.29, 1.82) is 5.26 Å². The summed E-state index contributed by atoms with van der Waals surface area (Å²) in [4.78, 5) is 2.15. The lowest BCUT2D eigenvalue weighted by Gasteiger charge is -2.29. The zero-order chi connectivity index (χ0) is 12.6. The van der Waals surface area contributed by atoms with Gasteiger partial charge in [-0.2, -0.15) is 5.26 Å². The maximum atomic E-state index is 9.84. The second kappa shape index (κ2) is 4.56. The minimum atomic E-state index is -0.306. The van der Waals surface area contributed by atoms with Gasteiger partial charge in [-0.05, 0) is 38.5 Å². The fourth-order valence-corrected chi connectivity index (χ4v) is 2.71. The molecule has 0 spiro atoms. The first kappa shape index (κ1) is 12.2. The lowest BCUT2D eigenvalue weighted by Crippen LogP contribution is -2.35. The summed E-state index contributed by atoms with van der Waals surface area (Å²) in [5, 5.41) is 19.1. The van der Waals surface area contributed by atoms with Gasteiger partial charge in [0, 0.05) is 11.7 Å². The molecule has 17 heavy (non-hydrogen) atoms. The smallest absolute Gasteiger partial charge is 0.101 e. The number of rotatable bonds is 1. The molecule has 90 valence electrons. The predicted molar refractivity (Wildman–Crippen MR) is 68.2 cm³/mol. The number of aliphatic hydroxyl groups excluding tert-OH is 1. The van der Waals surface area contributed by atoms with Crippen LogP contribution in [0.25, 0.3) is 0 Å². The van der Waals surface area contributed by atoms with Crippen molar-refractivity contribution in [2.75, 3.05) is 4.90 Å².